The van der Waals surface area contributed by atoms with E-state index in [1.54, 1.807) is 0 Å². The van der Waals surface area contributed by atoms with Crippen LogP contribution in [0.25, 0.3) is 0 Å². The van der Waals surface area contributed by atoms with Crippen molar-refractivity contribution in [2.45, 2.75) is 30.8 Å². The predicted molar refractivity (Wildman–Crippen MR) is 39.2 cm³/mol. The molecule has 1 fully saturated rings. The Hall–Kier alpha value is -0.200. The fourth-order valence-electron chi connectivity index (χ4n) is 1.56. The van der Waals surface area contributed by atoms with Gasteiger partial charge < -0.3 is 25.5 Å². The first kappa shape index (κ1) is 9.88. The Morgan fingerprint density at radius 2 is 1.75 bits per heavy atom. The third kappa shape index (κ3) is 1.60. The van der Waals surface area contributed by atoms with Crippen molar-refractivity contribution in [1.29, 1.82) is 0 Å². The van der Waals surface area contributed by atoms with Gasteiger partial charge in [0.15, 0.2) is 0 Å². The van der Waals surface area contributed by atoms with Crippen LogP contribution in [0.2, 0.25) is 0 Å². The molecule has 5 nitrogen and oxygen atoms in total. The van der Waals surface area contributed by atoms with E-state index in [4.69, 9.17) is 20.4 Å². The fourth-order valence-corrected chi connectivity index (χ4v) is 1.56. The molecule has 0 aromatic rings. The minimum atomic E-state index is -1.21. The molecular formula is C7H14O5. The second kappa shape index (κ2) is 3.68. The van der Waals surface area contributed by atoms with Gasteiger partial charge in [-0.3, -0.25) is 0 Å². The number of hydrogen-bond donors (Lipinski definition) is 5. The largest absolute Gasteiger partial charge is 0.394 e. The molecule has 5 heteroatoms. The van der Waals surface area contributed by atoms with Crippen LogP contribution in [0.15, 0.2) is 0 Å². The van der Waals surface area contributed by atoms with E-state index in [1.165, 1.54) is 0 Å². The van der Waals surface area contributed by atoms with Crippen molar-refractivity contribution >= 4 is 0 Å². The van der Waals surface area contributed by atoms with Crippen molar-refractivity contribution in [2.75, 3.05) is 6.61 Å². The summed E-state index contributed by atoms with van der Waals surface area (Å²) in [5, 5.41) is 45.1. The summed E-state index contributed by atoms with van der Waals surface area (Å²) in [5.74, 6) is -0.639. The number of hydrogen-bond acceptors (Lipinski definition) is 5. The van der Waals surface area contributed by atoms with Crippen LogP contribution >= 0.6 is 0 Å². The van der Waals surface area contributed by atoms with Gasteiger partial charge in [-0.1, -0.05) is 0 Å². The molecule has 0 aromatic carbocycles. The van der Waals surface area contributed by atoms with Crippen LogP contribution in [-0.2, 0) is 0 Å². The summed E-state index contributed by atoms with van der Waals surface area (Å²) in [6.07, 6.45) is -4.33. The Kier molecular flexibility index (Phi) is 3.03. The lowest BCUT2D eigenvalue weighted by Gasteiger charge is -2.19. The van der Waals surface area contributed by atoms with Gasteiger partial charge in [-0.15, -0.1) is 0 Å². The number of aliphatic hydroxyl groups excluding tert-OH is 5. The average Bonchev–Trinajstić information content (AvgIpc) is 2.32. The predicted octanol–water partition coefficient (Wildman–Crippen LogP) is -2.56. The van der Waals surface area contributed by atoms with Gasteiger partial charge in [-0.25, -0.2) is 0 Å². The van der Waals surface area contributed by atoms with Gasteiger partial charge in [0.1, 0.15) is 6.10 Å². The highest BCUT2D eigenvalue weighted by atomic mass is 16.4. The van der Waals surface area contributed by atoms with Crippen LogP contribution < -0.4 is 0 Å². The Morgan fingerprint density at radius 1 is 1.17 bits per heavy atom. The molecule has 5 N–H and O–H groups in total. The van der Waals surface area contributed by atoms with Crippen molar-refractivity contribution in [3.8, 4) is 0 Å². The molecule has 0 unspecified atom stereocenters. The first-order valence-electron chi connectivity index (χ1n) is 3.91. The van der Waals surface area contributed by atoms with Gasteiger partial charge >= 0.3 is 0 Å². The maximum Gasteiger partial charge on any atom is 0.106 e. The SMILES string of the molecule is OC[C@@H](O)[C@H]1C[C@@H](O)[C@H](O)[C@H]1O. The van der Waals surface area contributed by atoms with Crippen LogP contribution in [0.1, 0.15) is 6.42 Å². The van der Waals surface area contributed by atoms with E-state index in [-0.39, 0.29) is 6.42 Å². The van der Waals surface area contributed by atoms with Crippen LogP contribution in [0.4, 0.5) is 0 Å². The third-order valence-electron chi connectivity index (χ3n) is 2.38. The molecule has 0 aliphatic heterocycles. The summed E-state index contributed by atoms with van der Waals surface area (Å²) < 4.78 is 0. The zero-order valence-electron chi connectivity index (χ0n) is 6.54. The summed E-state index contributed by atoms with van der Waals surface area (Å²) in [4.78, 5) is 0. The Bertz CT molecular complexity index is 151. The van der Waals surface area contributed by atoms with Gasteiger partial charge in [0.05, 0.1) is 24.9 Å². The smallest absolute Gasteiger partial charge is 0.106 e. The van der Waals surface area contributed by atoms with Crippen LogP contribution in [0.3, 0.4) is 0 Å². The molecule has 0 heterocycles. The Balaban J connectivity index is 2.58. The lowest BCUT2D eigenvalue weighted by Crippen LogP contribution is -2.35. The topological polar surface area (TPSA) is 101 Å². The summed E-state index contributed by atoms with van der Waals surface area (Å²) in [5.41, 5.74) is 0. The molecule has 0 spiro atoms. The molecule has 1 rings (SSSR count). The van der Waals surface area contributed by atoms with Gasteiger partial charge in [-0.05, 0) is 6.42 Å². The second-order valence-corrected chi connectivity index (χ2v) is 3.20. The maximum absolute atomic E-state index is 9.25. The summed E-state index contributed by atoms with van der Waals surface area (Å²) in [6, 6.07) is 0. The minimum Gasteiger partial charge on any atom is -0.394 e. The summed E-state index contributed by atoms with van der Waals surface area (Å²) in [6.45, 7) is -0.471. The standard InChI is InChI=1S/C7H14O5/c8-2-5(10)3-1-4(9)7(12)6(3)11/h3-12H,1-2H2/t3-,4-,5-,6+,7+/m1/s1. The Morgan fingerprint density at radius 3 is 2.08 bits per heavy atom. The molecule has 0 saturated heterocycles. The molecule has 0 amide bonds. The molecule has 1 aliphatic rings. The van der Waals surface area contributed by atoms with Crippen LogP contribution in [-0.4, -0.2) is 56.6 Å². The van der Waals surface area contributed by atoms with Gasteiger partial charge in [0.2, 0.25) is 0 Å². The van der Waals surface area contributed by atoms with Crippen molar-refractivity contribution in [2.24, 2.45) is 5.92 Å². The quantitative estimate of drug-likeness (QED) is 0.320. The minimum absolute atomic E-state index is 0.115. The first-order chi connectivity index (χ1) is 5.57. The highest BCUT2D eigenvalue weighted by Crippen LogP contribution is 2.29. The van der Waals surface area contributed by atoms with Crippen LogP contribution in [0, 0.1) is 5.92 Å². The molecule has 1 saturated carbocycles. The maximum atomic E-state index is 9.25. The normalized spacial score (nSPS) is 44.8. The lowest BCUT2D eigenvalue weighted by molar-refractivity contribution is -0.0496. The van der Waals surface area contributed by atoms with E-state index in [0.717, 1.165) is 0 Å². The van der Waals surface area contributed by atoms with Crippen molar-refractivity contribution in [1.82, 2.24) is 0 Å². The van der Waals surface area contributed by atoms with E-state index in [9.17, 15) is 5.11 Å². The van der Waals surface area contributed by atoms with Gasteiger partial charge in [0.25, 0.3) is 0 Å². The van der Waals surface area contributed by atoms with Crippen molar-refractivity contribution < 1.29 is 25.5 Å². The van der Waals surface area contributed by atoms with Gasteiger partial charge in [0, 0.05) is 5.92 Å². The highest BCUT2D eigenvalue weighted by Gasteiger charge is 2.43. The fraction of sp³-hybridized carbons (Fsp3) is 1.00. The monoisotopic (exact) mass is 178 g/mol. The van der Waals surface area contributed by atoms with E-state index in [2.05, 4.69) is 0 Å². The molecule has 1 aliphatic carbocycles. The van der Waals surface area contributed by atoms with Crippen molar-refractivity contribution in [3.63, 3.8) is 0 Å². The lowest BCUT2D eigenvalue weighted by atomic mass is 9.99. The zero-order chi connectivity index (χ0) is 9.30. The second-order valence-electron chi connectivity index (χ2n) is 3.20. The van der Waals surface area contributed by atoms with Crippen molar-refractivity contribution in [3.05, 3.63) is 0 Å². The van der Waals surface area contributed by atoms with E-state index >= 15 is 0 Å². The van der Waals surface area contributed by atoms with Gasteiger partial charge in [-0.2, -0.15) is 0 Å². The van der Waals surface area contributed by atoms with E-state index in [0.29, 0.717) is 0 Å². The van der Waals surface area contributed by atoms with E-state index in [1.807, 2.05) is 0 Å². The molecule has 0 radical (unpaired) electrons. The first-order valence-corrected chi connectivity index (χ1v) is 3.91. The molecule has 5 atom stereocenters. The highest BCUT2D eigenvalue weighted by molar-refractivity contribution is 4.93. The summed E-state index contributed by atoms with van der Waals surface area (Å²) in [7, 11) is 0. The number of rotatable bonds is 2. The summed E-state index contributed by atoms with van der Waals surface area (Å²) >= 11 is 0. The molecule has 12 heavy (non-hydrogen) atoms. The molecule has 0 bridgehead atoms. The average molecular weight is 178 g/mol. The molecule has 0 aromatic heterocycles. The molecule has 72 valence electrons. The zero-order valence-corrected chi connectivity index (χ0v) is 6.54. The third-order valence-corrected chi connectivity index (χ3v) is 2.38. The number of aliphatic hydroxyl groups is 5. The van der Waals surface area contributed by atoms with Crippen LogP contribution in [0.5, 0.6) is 0 Å². The molecular weight excluding hydrogens is 164 g/mol. The Labute approximate surface area is 69.9 Å². The van der Waals surface area contributed by atoms with E-state index < -0.39 is 36.9 Å².